The van der Waals surface area contributed by atoms with Crippen LogP contribution >= 0.6 is 0 Å². The highest BCUT2D eigenvalue weighted by molar-refractivity contribution is 5.27. The molecule has 2 saturated carbocycles. The Kier molecular flexibility index (Phi) is 4.58. The zero-order valence-electron chi connectivity index (χ0n) is 13.1. The van der Waals surface area contributed by atoms with Crippen LogP contribution in [0.4, 0.5) is 0 Å². The van der Waals surface area contributed by atoms with Crippen molar-refractivity contribution in [3.05, 3.63) is 29.6 Å². The summed E-state index contributed by atoms with van der Waals surface area (Å²) in [7, 11) is 0. The summed E-state index contributed by atoms with van der Waals surface area (Å²) < 4.78 is 0. The van der Waals surface area contributed by atoms with Crippen molar-refractivity contribution in [3.63, 3.8) is 0 Å². The highest BCUT2D eigenvalue weighted by Crippen LogP contribution is 2.43. The Morgan fingerprint density at radius 1 is 0.952 bits per heavy atom. The summed E-state index contributed by atoms with van der Waals surface area (Å²) in [5, 5.41) is 8.85. The Hall–Kier alpha value is -1.36. The summed E-state index contributed by atoms with van der Waals surface area (Å²) >= 11 is 0. The number of nitrogens with zero attached hydrogens (tertiary/aromatic N) is 2. The fourth-order valence-electron chi connectivity index (χ4n) is 4.36. The predicted octanol–water partition coefficient (Wildman–Crippen LogP) is 5.05. The van der Waals surface area contributed by atoms with Gasteiger partial charge in [0.05, 0.1) is 5.56 Å². The second-order valence-corrected chi connectivity index (χ2v) is 7.22. The van der Waals surface area contributed by atoms with E-state index in [1.807, 2.05) is 6.07 Å². The van der Waals surface area contributed by atoms with Crippen molar-refractivity contribution in [1.82, 2.24) is 4.98 Å². The smallest absolute Gasteiger partial charge is 0.101 e. The molecule has 0 spiro atoms. The van der Waals surface area contributed by atoms with Crippen LogP contribution in [0.5, 0.6) is 0 Å². The van der Waals surface area contributed by atoms with Gasteiger partial charge in [0.2, 0.25) is 0 Å². The van der Waals surface area contributed by atoms with E-state index in [0.717, 1.165) is 17.8 Å². The molecule has 0 N–H and O–H groups in total. The van der Waals surface area contributed by atoms with Gasteiger partial charge in [-0.1, -0.05) is 19.8 Å². The average molecular weight is 282 g/mol. The number of hydrogen-bond donors (Lipinski definition) is 0. The fourth-order valence-corrected chi connectivity index (χ4v) is 4.36. The standard InChI is InChI=1S/C19H26N2/c1-14-2-5-16(6-3-14)17-7-9-18(10-8-17)19-11-4-15(12-20)13-21-19/h4,11,13-14,16-18H,2-3,5-10H2,1H3. The molecule has 1 heterocycles. The van der Waals surface area contributed by atoms with E-state index in [0.29, 0.717) is 11.5 Å². The molecule has 0 radical (unpaired) electrons. The van der Waals surface area contributed by atoms with E-state index in [9.17, 15) is 0 Å². The normalized spacial score (nSPS) is 33.3. The number of rotatable bonds is 2. The quantitative estimate of drug-likeness (QED) is 0.760. The van der Waals surface area contributed by atoms with Crippen molar-refractivity contribution in [1.29, 1.82) is 5.26 Å². The first-order chi connectivity index (χ1) is 10.3. The third kappa shape index (κ3) is 3.46. The van der Waals surface area contributed by atoms with E-state index in [1.165, 1.54) is 57.1 Å². The van der Waals surface area contributed by atoms with Crippen LogP contribution in [-0.2, 0) is 0 Å². The second kappa shape index (κ2) is 6.60. The van der Waals surface area contributed by atoms with Crippen LogP contribution in [0.2, 0.25) is 0 Å². The van der Waals surface area contributed by atoms with Gasteiger partial charge in [-0.15, -0.1) is 0 Å². The molecule has 0 amide bonds. The number of aromatic nitrogens is 1. The maximum atomic E-state index is 8.85. The number of nitriles is 1. The van der Waals surface area contributed by atoms with Crippen molar-refractivity contribution < 1.29 is 0 Å². The topological polar surface area (TPSA) is 36.7 Å². The van der Waals surface area contributed by atoms with Crippen LogP contribution in [0, 0.1) is 29.1 Å². The Labute approximate surface area is 128 Å². The largest absolute Gasteiger partial charge is 0.260 e. The summed E-state index contributed by atoms with van der Waals surface area (Å²) in [4.78, 5) is 4.50. The predicted molar refractivity (Wildman–Crippen MR) is 84.8 cm³/mol. The van der Waals surface area contributed by atoms with E-state index in [2.05, 4.69) is 24.0 Å². The summed E-state index contributed by atoms with van der Waals surface area (Å²) in [6.45, 7) is 2.41. The zero-order chi connectivity index (χ0) is 14.7. The summed E-state index contributed by atoms with van der Waals surface area (Å²) in [5.74, 6) is 3.54. The SMILES string of the molecule is CC1CCC(C2CCC(c3ccc(C#N)cn3)CC2)CC1. The van der Waals surface area contributed by atoms with Crippen LogP contribution in [0.15, 0.2) is 18.3 Å². The van der Waals surface area contributed by atoms with Gasteiger partial charge >= 0.3 is 0 Å². The zero-order valence-corrected chi connectivity index (χ0v) is 13.1. The molecule has 2 fully saturated rings. The van der Waals surface area contributed by atoms with Gasteiger partial charge in [0.1, 0.15) is 6.07 Å². The van der Waals surface area contributed by atoms with Gasteiger partial charge in [-0.3, -0.25) is 4.98 Å². The van der Waals surface area contributed by atoms with Gasteiger partial charge < -0.3 is 0 Å². The van der Waals surface area contributed by atoms with Crippen molar-refractivity contribution in [3.8, 4) is 6.07 Å². The van der Waals surface area contributed by atoms with Gasteiger partial charge in [0, 0.05) is 17.8 Å². The lowest BCUT2D eigenvalue weighted by atomic mass is 9.69. The van der Waals surface area contributed by atoms with E-state index in [1.54, 1.807) is 6.20 Å². The third-order valence-electron chi connectivity index (χ3n) is 5.83. The van der Waals surface area contributed by atoms with E-state index < -0.39 is 0 Å². The first kappa shape index (κ1) is 14.6. The first-order valence-corrected chi connectivity index (χ1v) is 8.62. The lowest BCUT2D eigenvalue weighted by molar-refractivity contribution is 0.164. The molecule has 0 unspecified atom stereocenters. The van der Waals surface area contributed by atoms with E-state index >= 15 is 0 Å². The van der Waals surface area contributed by atoms with Crippen LogP contribution in [0.1, 0.15) is 75.5 Å². The molecule has 0 atom stereocenters. The molecule has 0 saturated heterocycles. The van der Waals surface area contributed by atoms with Crippen molar-refractivity contribution >= 4 is 0 Å². The second-order valence-electron chi connectivity index (χ2n) is 7.22. The minimum Gasteiger partial charge on any atom is -0.260 e. The van der Waals surface area contributed by atoms with Gasteiger partial charge in [-0.05, 0) is 68.4 Å². The van der Waals surface area contributed by atoms with Crippen molar-refractivity contribution in [2.75, 3.05) is 0 Å². The van der Waals surface area contributed by atoms with E-state index in [4.69, 9.17) is 5.26 Å². The Bertz CT molecular complexity index is 483. The lowest BCUT2D eigenvalue weighted by Crippen LogP contribution is -2.25. The molecule has 0 aromatic carbocycles. The molecule has 112 valence electrons. The molecule has 3 rings (SSSR count). The molecule has 1 aromatic rings. The highest BCUT2D eigenvalue weighted by atomic mass is 14.7. The molecule has 2 heteroatoms. The first-order valence-electron chi connectivity index (χ1n) is 8.62. The average Bonchev–Trinajstić information content (AvgIpc) is 2.56. The summed E-state index contributed by atoms with van der Waals surface area (Å²) in [6, 6.07) is 6.12. The van der Waals surface area contributed by atoms with Gasteiger partial charge in [0.25, 0.3) is 0 Å². The maximum absolute atomic E-state index is 8.85. The molecule has 2 aliphatic rings. The van der Waals surface area contributed by atoms with Crippen LogP contribution in [-0.4, -0.2) is 4.98 Å². The lowest BCUT2D eigenvalue weighted by Gasteiger charge is -2.37. The third-order valence-corrected chi connectivity index (χ3v) is 5.83. The fraction of sp³-hybridized carbons (Fsp3) is 0.684. The number of hydrogen-bond acceptors (Lipinski definition) is 2. The molecular weight excluding hydrogens is 256 g/mol. The van der Waals surface area contributed by atoms with Crippen LogP contribution in [0.3, 0.4) is 0 Å². The molecule has 21 heavy (non-hydrogen) atoms. The van der Waals surface area contributed by atoms with Gasteiger partial charge in [-0.2, -0.15) is 5.26 Å². The highest BCUT2D eigenvalue weighted by Gasteiger charge is 2.30. The Morgan fingerprint density at radius 3 is 2.10 bits per heavy atom. The van der Waals surface area contributed by atoms with Crippen LogP contribution < -0.4 is 0 Å². The van der Waals surface area contributed by atoms with Crippen LogP contribution in [0.25, 0.3) is 0 Å². The summed E-state index contributed by atoms with van der Waals surface area (Å²) in [5.41, 5.74) is 1.87. The van der Waals surface area contributed by atoms with Crippen molar-refractivity contribution in [2.24, 2.45) is 17.8 Å². The minimum absolute atomic E-state index is 0.622. The Morgan fingerprint density at radius 2 is 1.57 bits per heavy atom. The molecule has 2 nitrogen and oxygen atoms in total. The Balaban J connectivity index is 1.53. The monoisotopic (exact) mass is 282 g/mol. The molecule has 1 aromatic heterocycles. The van der Waals surface area contributed by atoms with Crippen molar-refractivity contribution in [2.45, 2.75) is 64.2 Å². The minimum atomic E-state index is 0.622. The number of pyridine rings is 1. The molecule has 0 bridgehead atoms. The van der Waals surface area contributed by atoms with E-state index in [-0.39, 0.29) is 0 Å². The summed E-state index contributed by atoms with van der Waals surface area (Å²) in [6.07, 6.45) is 12.9. The molecule has 2 aliphatic carbocycles. The van der Waals surface area contributed by atoms with Gasteiger partial charge in [0.15, 0.2) is 0 Å². The molecule has 0 aliphatic heterocycles. The van der Waals surface area contributed by atoms with Gasteiger partial charge in [-0.25, -0.2) is 0 Å². The maximum Gasteiger partial charge on any atom is 0.101 e. The molecular formula is C19H26N2.